The van der Waals surface area contributed by atoms with Crippen LogP contribution >= 0.6 is 0 Å². The van der Waals surface area contributed by atoms with Crippen molar-refractivity contribution in [1.82, 2.24) is 30.2 Å². The number of pyridine rings is 1. The molecule has 4 heterocycles. The fourth-order valence-electron chi connectivity index (χ4n) is 3.12. The van der Waals surface area contributed by atoms with Crippen LogP contribution < -0.4 is 15.5 Å². The predicted molar refractivity (Wildman–Crippen MR) is 98.6 cm³/mol. The Bertz CT molecular complexity index is 902. The van der Waals surface area contributed by atoms with Crippen molar-refractivity contribution >= 4 is 23.1 Å². The molecule has 0 bridgehead atoms. The van der Waals surface area contributed by atoms with E-state index in [9.17, 15) is 4.79 Å². The van der Waals surface area contributed by atoms with Gasteiger partial charge in [-0.3, -0.25) is 9.78 Å². The van der Waals surface area contributed by atoms with Crippen molar-refractivity contribution in [2.45, 2.75) is 18.9 Å². The standard InChI is InChI=1S/C18H21N7O/c1-24(14-3-2-7-20-11-14)16-6-10-25-17(23-16)15(12-21-25)18(26)22-13-4-8-19-9-5-13/h2-3,6-7,10-13,19H,4-5,8-9H2,1H3,(H,22,26). The van der Waals surface area contributed by atoms with Crippen LogP contribution in [0.1, 0.15) is 23.2 Å². The summed E-state index contributed by atoms with van der Waals surface area (Å²) < 4.78 is 1.62. The van der Waals surface area contributed by atoms with E-state index in [-0.39, 0.29) is 11.9 Å². The number of aromatic nitrogens is 4. The molecule has 1 fully saturated rings. The molecule has 8 nitrogen and oxygen atoms in total. The second kappa shape index (κ2) is 7.09. The van der Waals surface area contributed by atoms with Crippen molar-refractivity contribution in [3.8, 4) is 0 Å². The minimum atomic E-state index is -0.124. The lowest BCUT2D eigenvalue weighted by atomic mass is 10.1. The Hall–Kier alpha value is -3.00. The number of carbonyl (C=O) groups is 1. The molecule has 1 aliphatic heterocycles. The zero-order chi connectivity index (χ0) is 17.9. The van der Waals surface area contributed by atoms with Gasteiger partial charge in [0.1, 0.15) is 11.4 Å². The molecule has 2 N–H and O–H groups in total. The van der Waals surface area contributed by atoms with Gasteiger partial charge < -0.3 is 15.5 Å². The average Bonchev–Trinajstić information content (AvgIpc) is 3.12. The van der Waals surface area contributed by atoms with Gasteiger partial charge in [0.15, 0.2) is 5.65 Å². The lowest BCUT2D eigenvalue weighted by molar-refractivity contribution is 0.0931. The number of piperidine rings is 1. The molecule has 0 aliphatic carbocycles. The molecule has 3 aromatic heterocycles. The van der Waals surface area contributed by atoms with Crippen LogP contribution in [0, 0.1) is 0 Å². The third-order valence-corrected chi connectivity index (χ3v) is 4.65. The zero-order valence-corrected chi connectivity index (χ0v) is 14.6. The number of nitrogens with one attached hydrogen (secondary N) is 2. The summed E-state index contributed by atoms with van der Waals surface area (Å²) >= 11 is 0. The number of hydrogen-bond acceptors (Lipinski definition) is 6. The Labute approximate surface area is 151 Å². The van der Waals surface area contributed by atoms with Crippen LogP contribution in [0.4, 0.5) is 11.5 Å². The lowest BCUT2D eigenvalue weighted by Crippen LogP contribution is -2.42. The summed E-state index contributed by atoms with van der Waals surface area (Å²) in [6, 6.07) is 5.89. The number of hydrogen-bond donors (Lipinski definition) is 2. The van der Waals surface area contributed by atoms with Gasteiger partial charge in [-0.1, -0.05) is 0 Å². The van der Waals surface area contributed by atoms with Gasteiger partial charge in [-0.15, -0.1) is 0 Å². The molecule has 26 heavy (non-hydrogen) atoms. The lowest BCUT2D eigenvalue weighted by Gasteiger charge is -2.23. The maximum Gasteiger partial charge on any atom is 0.256 e. The Kier molecular flexibility index (Phi) is 4.49. The van der Waals surface area contributed by atoms with E-state index in [2.05, 4.69) is 25.7 Å². The molecule has 1 amide bonds. The summed E-state index contributed by atoms with van der Waals surface area (Å²) in [6.45, 7) is 1.86. The summed E-state index contributed by atoms with van der Waals surface area (Å²) in [7, 11) is 1.92. The first-order chi connectivity index (χ1) is 12.7. The number of anilines is 2. The van der Waals surface area contributed by atoms with Crippen molar-refractivity contribution in [2.24, 2.45) is 0 Å². The highest BCUT2D eigenvalue weighted by atomic mass is 16.1. The minimum absolute atomic E-state index is 0.124. The van der Waals surface area contributed by atoms with Crippen molar-refractivity contribution < 1.29 is 4.79 Å². The molecule has 134 valence electrons. The molecule has 4 rings (SSSR count). The van der Waals surface area contributed by atoms with Crippen molar-refractivity contribution in [1.29, 1.82) is 0 Å². The molecular weight excluding hydrogens is 330 g/mol. The van der Waals surface area contributed by atoms with E-state index < -0.39 is 0 Å². The van der Waals surface area contributed by atoms with E-state index >= 15 is 0 Å². The maximum atomic E-state index is 12.7. The molecule has 1 aliphatic rings. The molecule has 0 radical (unpaired) electrons. The Balaban J connectivity index is 1.61. The fraction of sp³-hybridized carbons (Fsp3) is 0.333. The fourth-order valence-corrected chi connectivity index (χ4v) is 3.12. The van der Waals surface area contributed by atoms with Gasteiger partial charge in [-0.05, 0) is 44.1 Å². The first-order valence-electron chi connectivity index (χ1n) is 8.72. The summed E-state index contributed by atoms with van der Waals surface area (Å²) in [5, 5.41) is 10.7. The van der Waals surface area contributed by atoms with Gasteiger partial charge in [0, 0.05) is 25.5 Å². The third kappa shape index (κ3) is 3.23. The van der Waals surface area contributed by atoms with Gasteiger partial charge in [-0.2, -0.15) is 5.10 Å². The van der Waals surface area contributed by atoms with Gasteiger partial charge in [0.25, 0.3) is 5.91 Å². The van der Waals surface area contributed by atoms with E-state index in [1.54, 1.807) is 23.1 Å². The third-order valence-electron chi connectivity index (χ3n) is 4.65. The highest BCUT2D eigenvalue weighted by Gasteiger charge is 2.20. The molecular formula is C18H21N7O. The van der Waals surface area contributed by atoms with Gasteiger partial charge >= 0.3 is 0 Å². The number of fused-ring (bicyclic) bond motifs is 1. The van der Waals surface area contributed by atoms with E-state index in [4.69, 9.17) is 0 Å². The molecule has 0 aromatic carbocycles. The van der Waals surface area contributed by atoms with Crippen molar-refractivity contribution in [3.05, 3.63) is 48.5 Å². The Morgan fingerprint density at radius 3 is 2.92 bits per heavy atom. The predicted octanol–water partition coefficient (Wildman–Crippen LogP) is 1.37. The molecule has 0 saturated carbocycles. The van der Waals surface area contributed by atoms with Crippen LogP contribution in [0.15, 0.2) is 43.0 Å². The van der Waals surface area contributed by atoms with Crippen LogP contribution in [0.2, 0.25) is 0 Å². The smallest absolute Gasteiger partial charge is 0.256 e. The SMILES string of the molecule is CN(c1cccnc1)c1ccn2ncc(C(=O)NC3CCNCC3)c2n1. The first kappa shape index (κ1) is 16.5. The summed E-state index contributed by atoms with van der Waals surface area (Å²) in [4.78, 5) is 23.4. The summed E-state index contributed by atoms with van der Waals surface area (Å²) in [5.74, 6) is 0.600. The normalized spacial score (nSPS) is 15.1. The second-order valence-electron chi connectivity index (χ2n) is 6.38. The van der Waals surface area contributed by atoms with Gasteiger partial charge in [0.2, 0.25) is 0 Å². The molecule has 3 aromatic rings. The highest BCUT2D eigenvalue weighted by molar-refractivity contribution is 6.00. The second-order valence-corrected chi connectivity index (χ2v) is 6.38. The first-order valence-corrected chi connectivity index (χ1v) is 8.72. The van der Waals surface area contributed by atoms with E-state index in [1.165, 1.54) is 0 Å². The number of rotatable bonds is 4. The quantitative estimate of drug-likeness (QED) is 0.738. The zero-order valence-electron chi connectivity index (χ0n) is 14.6. The largest absolute Gasteiger partial charge is 0.349 e. The van der Waals surface area contributed by atoms with Crippen LogP contribution in [0.3, 0.4) is 0 Å². The monoisotopic (exact) mass is 351 g/mol. The Morgan fingerprint density at radius 1 is 1.31 bits per heavy atom. The summed E-state index contributed by atoms with van der Waals surface area (Å²) in [6.07, 6.45) is 8.76. The summed E-state index contributed by atoms with van der Waals surface area (Å²) in [5.41, 5.74) is 1.96. The van der Waals surface area contributed by atoms with Gasteiger partial charge in [-0.25, -0.2) is 9.50 Å². The molecule has 1 saturated heterocycles. The maximum absolute atomic E-state index is 12.7. The Morgan fingerprint density at radius 2 is 2.15 bits per heavy atom. The average molecular weight is 351 g/mol. The number of amides is 1. The minimum Gasteiger partial charge on any atom is -0.349 e. The van der Waals surface area contributed by atoms with Crippen molar-refractivity contribution in [3.63, 3.8) is 0 Å². The van der Waals surface area contributed by atoms with Crippen LogP contribution in [-0.2, 0) is 0 Å². The van der Waals surface area contributed by atoms with Crippen LogP contribution in [0.25, 0.3) is 5.65 Å². The topological polar surface area (TPSA) is 87.5 Å². The van der Waals surface area contributed by atoms with Gasteiger partial charge in [0.05, 0.1) is 18.1 Å². The van der Waals surface area contributed by atoms with Crippen LogP contribution in [-0.4, -0.2) is 51.7 Å². The molecule has 0 atom stereocenters. The van der Waals surface area contributed by atoms with Crippen molar-refractivity contribution in [2.75, 3.05) is 25.0 Å². The van der Waals surface area contributed by atoms with E-state index in [1.807, 2.05) is 36.3 Å². The molecule has 0 spiro atoms. The molecule has 0 unspecified atom stereocenters. The number of nitrogens with zero attached hydrogens (tertiary/aromatic N) is 5. The highest BCUT2D eigenvalue weighted by Crippen LogP contribution is 2.21. The van der Waals surface area contributed by atoms with E-state index in [0.29, 0.717) is 11.2 Å². The number of carbonyl (C=O) groups excluding carboxylic acids is 1. The van der Waals surface area contributed by atoms with Crippen LogP contribution in [0.5, 0.6) is 0 Å². The van der Waals surface area contributed by atoms with E-state index in [0.717, 1.165) is 37.4 Å². The molecule has 8 heteroatoms.